The summed E-state index contributed by atoms with van der Waals surface area (Å²) in [5.41, 5.74) is 1.71. The van der Waals surface area contributed by atoms with E-state index >= 15 is 0 Å². The first kappa shape index (κ1) is 21.4. The molecule has 5 heteroatoms. The molecule has 2 rings (SSSR count). The van der Waals surface area contributed by atoms with Crippen molar-refractivity contribution in [3.63, 3.8) is 0 Å². The van der Waals surface area contributed by atoms with E-state index in [0.29, 0.717) is 22.3 Å². The van der Waals surface area contributed by atoms with E-state index in [1.165, 1.54) is 0 Å². The molecule has 28 heavy (non-hydrogen) atoms. The molecule has 0 aromatic heterocycles. The molecule has 0 aliphatic rings. The van der Waals surface area contributed by atoms with Crippen LogP contribution in [0.25, 0.3) is 0 Å². The molecule has 148 valence electrons. The second kappa shape index (κ2) is 9.83. The van der Waals surface area contributed by atoms with Crippen LogP contribution in [0.5, 0.6) is 0 Å². The third kappa shape index (κ3) is 5.52. The van der Waals surface area contributed by atoms with E-state index in [1.807, 2.05) is 27.7 Å². The Morgan fingerprint density at radius 3 is 1.21 bits per heavy atom. The minimum atomic E-state index is -0.405. The first-order valence-corrected chi connectivity index (χ1v) is 9.52. The van der Waals surface area contributed by atoms with Gasteiger partial charge in [0.15, 0.2) is 5.78 Å². The molecule has 2 aromatic carbocycles. The monoisotopic (exact) mass is 382 g/mol. The van der Waals surface area contributed by atoms with Crippen LogP contribution in [0.15, 0.2) is 48.5 Å². The molecule has 0 fully saturated rings. The number of ether oxygens (including phenoxy) is 2. The van der Waals surface area contributed by atoms with Crippen LogP contribution >= 0.6 is 0 Å². The predicted octanol–water partition coefficient (Wildman–Crippen LogP) is 4.83. The van der Waals surface area contributed by atoms with Crippen LogP contribution in [0.4, 0.5) is 0 Å². The van der Waals surface area contributed by atoms with E-state index in [9.17, 15) is 14.4 Å². The number of carbonyl (C=O) groups excluding carboxylic acids is 3. The van der Waals surface area contributed by atoms with Crippen LogP contribution in [-0.4, -0.2) is 29.9 Å². The molecule has 0 aliphatic heterocycles. The topological polar surface area (TPSA) is 69.7 Å². The fourth-order valence-corrected chi connectivity index (χ4v) is 2.35. The van der Waals surface area contributed by atoms with Crippen LogP contribution < -0.4 is 0 Å². The normalized spacial score (nSPS) is 12.7. The van der Waals surface area contributed by atoms with E-state index in [-0.39, 0.29) is 18.0 Å². The molecule has 0 N–H and O–H groups in total. The fourth-order valence-electron chi connectivity index (χ4n) is 2.35. The number of hydrogen-bond acceptors (Lipinski definition) is 5. The van der Waals surface area contributed by atoms with Gasteiger partial charge >= 0.3 is 11.9 Å². The zero-order valence-corrected chi connectivity index (χ0v) is 16.7. The average molecular weight is 382 g/mol. The largest absolute Gasteiger partial charge is 0.459 e. The molecule has 0 spiro atoms. The van der Waals surface area contributed by atoms with Gasteiger partial charge in [0.1, 0.15) is 0 Å². The third-order valence-corrected chi connectivity index (χ3v) is 4.53. The lowest BCUT2D eigenvalue weighted by molar-refractivity contribution is 0.0324. The van der Waals surface area contributed by atoms with Gasteiger partial charge in [-0.2, -0.15) is 0 Å². The SMILES string of the molecule is CCC(C)OC(=O)c1ccc(C(=O)c2ccc(C(=O)OC(C)CC)cc2)cc1. The van der Waals surface area contributed by atoms with Gasteiger partial charge < -0.3 is 9.47 Å². The maximum atomic E-state index is 12.6. The van der Waals surface area contributed by atoms with Crippen molar-refractivity contribution < 1.29 is 23.9 Å². The van der Waals surface area contributed by atoms with Crippen molar-refractivity contribution in [1.29, 1.82) is 0 Å². The van der Waals surface area contributed by atoms with Crippen molar-refractivity contribution in [3.8, 4) is 0 Å². The van der Waals surface area contributed by atoms with Gasteiger partial charge in [-0.3, -0.25) is 4.79 Å². The van der Waals surface area contributed by atoms with E-state index < -0.39 is 11.9 Å². The summed E-state index contributed by atoms with van der Waals surface area (Å²) >= 11 is 0. The molecule has 0 radical (unpaired) electrons. The van der Waals surface area contributed by atoms with Crippen LogP contribution in [-0.2, 0) is 9.47 Å². The Balaban J connectivity index is 2.07. The Morgan fingerprint density at radius 2 is 0.929 bits per heavy atom. The molecule has 2 atom stereocenters. The molecule has 2 unspecified atom stereocenters. The second-order valence-electron chi connectivity index (χ2n) is 6.73. The number of hydrogen-bond donors (Lipinski definition) is 0. The lowest BCUT2D eigenvalue weighted by Gasteiger charge is -2.11. The number of carbonyl (C=O) groups is 3. The van der Waals surface area contributed by atoms with Crippen LogP contribution in [0.1, 0.15) is 77.2 Å². The Hall–Kier alpha value is -2.95. The number of esters is 2. The lowest BCUT2D eigenvalue weighted by Crippen LogP contribution is -2.14. The van der Waals surface area contributed by atoms with Gasteiger partial charge in [0.25, 0.3) is 0 Å². The molecule has 0 bridgehead atoms. The summed E-state index contributed by atoms with van der Waals surface area (Å²) in [7, 11) is 0. The molecular formula is C23H26O5. The van der Waals surface area contributed by atoms with Crippen molar-refractivity contribution in [2.75, 3.05) is 0 Å². The minimum absolute atomic E-state index is 0.153. The molecular weight excluding hydrogens is 356 g/mol. The Kier molecular flexibility index (Phi) is 7.50. The van der Waals surface area contributed by atoms with Crippen molar-refractivity contribution in [2.45, 2.75) is 52.7 Å². The Morgan fingerprint density at radius 1 is 0.643 bits per heavy atom. The van der Waals surface area contributed by atoms with Crippen molar-refractivity contribution in [1.82, 2.24) is 0 Å². The maximum absolute atomic E-state index is 12.6. The van der Waals surface area contributed by atoms with Crippen LogP contribution in [0.2, 0.25) is 0 Å². The second-order valence-corrected chi connectivity index (χ2v) is 6.73. The minimum Gasteiger partial charge on any atom is -0.459 e. The van der Waals surface area contributed by atoms with Crippen LogP contribution in [0, 0.1) is 0 Å². The number of ketones is 1. The Labute approximate surface area is 165 Å². The van der Waals surface area contributed by atoms with Gasteiger partial charge in [0.05, 0.1) is 23.3 Å². The van der Waals surface area contributed by atoms with Gasteiger partial charge in [-0.1, -0.05) is 38.1 Å². The van der Waals surface area contributed by atoms with Gasteiger partial charge in [-0.15, -0.1) is 0 Å². The number of benzene rings is 2. The van der Waals surface area contributed by atoms with Gasteiger partial charge in [-0.25, -0.2) is 9.59 Å². The molecule has 0 aliphatic carbocycles. The zero-order valence-electron chi connectivity index (χ0n) is 16.7. The summed E-state index contributed by atoms with van der Waals surface area (Å²) < 4.78 is 10.5. The predicted molar refractivity (Wildman–Crippen MR) is 107 cm³/mol. The highest BCUT2D eigenvalue weighted by molar-refractivity contribution is 6.09. The molecule has 0 amide bonds. The highest BCUT2D eigenvalue weighted by Crippen LogP contribution is 2.15. The standard InChI is InChI=1S/C23H26O5/c1-5-15(3)27-22(25)19-11-7-17(8-12-19)21(24)18-9-13-20(14-10-18)23(26)28-16(4)6-2/h7-16H,5-6H2,1-4H3. The third-order valence-electron chi connectivity index (χ3n) is 4.53. The highest BCUT2D eigenvalue weighted by Gasteiger charge is 2.15. The van der Waals surface area contributed by atoms with E-state index in [4.69, 9.17) is 9.47 Å². The van der Waals surface area contributed by atoms with Crippen molar-refractivity contribution in [3.05, 3.63) is 70.8 Å². The quantitative estimate of drug-likeness (QED) is 0.483. The summed E-state index contributed by atoms with van der Waals surface area (Å²) in [6, 6.07) is 12.7. The van der Waals surface area contributed by atoms with E-state index in [0.717, 1.165) is 12.8 Å². The number of rotatable bonds is 8. The van der Waals surface area contributed by atoms with E-state index in [1.54, 1.807) is 48.5 Å². The van der Waals surface area contributed by atoms with Crippen molar-refractivity contribution >= 4 is 17.7 Å². The highest BCUT2D eigenvalue weighted by atomic mass is 16.5. The first-order chi connectivity index (χ1) is 13.3. The molecule has 2 aromatic rings. The molecule has 0 heterocycles. The lowest BCUT2D eigenvalue weighted by atomic mass is 10.0. The molecule has 5 nitrogen and oxygen atoms in total. The molecule has 0 saturated heterocycles. The average Bonchev–Trinajstić information content (AvgIpc) is 2.73. The maximum Gasteiger partial charge on any atom is 0.338 e. The molecule has 0 saturated carbocycles. The fraction of sp³-hybridized carbons (Fsp3) is 0.348. The van der Waals surface area contributed by atoms with Gasteiger partial charge in [-0.05, 0) is 51.0 Å². The zero-order chi connectivity index (χ0) is 20.7. The van der Waals surface area contributed by atoms with Gasteiger partial charge in [0.2, 0.25) is 0 Å². The smallest absolute Gasteiger partial charge is 0.338 e. The summed E-state index contributed by atoms with van der Waals surface area (Å²) in [5.74, 6) is -1.00. The van der Waals surface area contributed by atoms with E-state index in [2.05, 4.69) is 0 Å². The summed E-state index contributed by atoms with van der Waals surface area (Å²) in [6.45, 7) is 7.54. The summed E-state index contributed by atoms with van der Waals surface area (Å²) in [6.07, 6.45) is 1.17. The van der Waals surface area contributed by atoms with Crippen molar-refractivity contribution in [2.24, 2.45) is 0 Å². The Bertz CT molecular complexity index is 752. The van der Waals surface area contributed by atoms with Crippen LogP contribution in [0.3, 0.4) is 0 Å². The van der Waals surface area contributed by atoms with Gasteiger partial charge in [0, 0.05) is 11.1 Å². The first-order valence-electron chi connectivity index (χ1n) is 9.52. The summed E-state index contributed by atoms with van der Waals surface area (Å²) in [5, 5.41) is 0. The summed E-state index contributed by atoms with van der Waals surface area (Å²) in [4.78, 5) is 36.7.